The summed E-state index contributed by atoms with van der Waals surface area (Å²) in [6, 6.07) is 5.74. The van der Waals surface area contributed by atoms with Crippen LogP contribution < -0.4 is 11.1 Å². The molecule has 5 heteroatoms. The van der Waals surface area contributed by atoms with Crippen LogP contribution in [0.1, 0.15) is 16.1 Å². The smallest absolute Gasteiger partial charge is 0.267 e. The van der Waals surface area contributed by atoms with Gasteiger partial charge in [0.2, 0.25) is 0 Å². The maximum Gasteiger partial charge on any atom is 0.267 e. The molecule has 0 atom stereocenters. The molecule has 2 rings (SSSR count). The molecule has 0 saturated carbocycles. The van der Waals surface area contributed by atoms with Gasteiger partial charge in [-0.15, -0.1) is 0 Å². The summed E-state index contributed by atoms with van der Waals surface area (Å²) >= 11 is 6.26. The molecule has 4 nitrogen and oxygen atoms in total. The van der Waals surface area contributed by atoms with Gasteiger partial charge in [-0.2, -0.15) is 0 Å². The van der Waals surface area contributed by atoms with Crippen LogP contribution in [-0.2, 0) is 7.05 Å². The van der Waals surface area contributed by atoms with Gasteiger partial charge < -0.3 is 15.6 Å². The number of nitrogens with two attached hydrogens (primary N) is 1. The third kappa shape index (κ3) is 2.09. The quantitative estimate of drug-likeness (QED) is 0.889. The molecule has 0 aliphatic heterocycles. The molecule has 96 valence electrons. The molecule has 0 saturated heterocycles. The van der Waals surface area contributed by atoms with E-state index < -0.39 is 0 Å². The maximum absolute atomic E-state index is 12.0. The van der Waals surface area contributed by atoms with E-state index in [1.165, 1.54) is 0 Å². The van der Waals surface area contributed by atoms with E-state index in [-0.39, 0.29) is 5.91 Å². The minimum atomic E-state index is -0.132. The van der Waals surface area contributed by atoms with Gasteiger partial charge in [0.15, 0.2) is 0 Å². The molecule has 0 radical (unpaired) electrons. The van der Waals surface area contributed by atoms with Crippen molar-refractivity contribution >= 4 is 28.4 Å². The highest BCUT2D eigenvalue weighted by Crippen LogP contribution is 2.29. The first-order chi connectivity index (χ1) is 8.56. The molecule has 0 bridgehead atoms. The lowest BCUT2D eigenvalue weighted by Crippen LogP contribution is -2.30. The number of aryl methyl sites for hydroxylation is 2. The van der Waals surface area contributed by atoms with E-state index >= 15 is 0 Å². The zero-order valence-corrected chi connectivity index (χ0v) is 11.2. The standard InChI is InChI=1S/C13H16ClN3O/c1-8-3-4-10-9(12(8)14)7-11(17(10)2)13(18)16-6-5-15/h3-4,7H,5-6,15H2,1-2H3,(H,16,18). The monoisotopic (exact) mass is 265 g/mol. The molecular formula is C13H16ClN3O. The summed E-state index contributed by atoms with van der Waals surface area (Å²) in [4.78, 5) is 12.0. The molecule has 1 aromatic carbocycles. The van der Waals surface area contributed by atoms with Crippen molar-refractivity contribution in [2.24, 2.45) is 12.8 Å². The van der Waals surface area contributed by atoms with Crippen LogP contribution in [0.4, 0.5) is 0 Å². The number of halogens is 1. The number of carbonyl (C=O) groups is 1. The summed E-state index contributed by atoms with van der Waals surface area (Å²) < 4.78 is 1.84. The fraction of sp³-hybridized carbons (Fsp3) is 0.308. The summed E-state index contributed by atoms with van der Waals surface area (Å²) in [5.74, 6) is -0.132. The molecule has 0 aliphatic carbocycles. The van der Waals surface area contributed by atoms with Crippen LogP contribution in [0, 0.1) is 6.92 Å². The second-order valence-electron chi connectivity index (χ2n) is 4.26. The Morgan fingerprint density at radius 1 is 1.50 bits per heavy atom. The fourth-order valence-corrected chi connectivity index (χ4v) is 2.19. The number of benzene rings is 1. The summed E-state index contributed by atoms with van der Waals surface area (Å²) in [6.07, 6.45) is 0. The predicted molar refractivity (Wildman–Crippen MR) is 74.1 cm³/mol. The highest BCUT2D eigenvalue weighted by molar-refractivity contribution is 6.36. The lowest BCUT2D eigenvalue weighted by atomic mass is 10.2. The van der Waals surface area contributed by atoms with Crippen molar-refractivity contribution in [2.45, 2.75) is 6.92 Å². The molecule has 0 spiro atoms. The lowest BCUT2D eigenvalue weighted by Gasteiger charge is -2.05. The van der Waals surface area contributed by atoms with E-state index in [0.717, 1.165) is 16.5 Å². The molecule has 0 unspecified atom stereocenters. The average Bonchev–Trinajstić information content (AvgIpc) is 2.69. The van der Waals surface area contributed by atoms with E-state index in [0.29, 0.717) is 23.8 Å². The number of nitrogens with one attached hydrogen (secondary N) is 1. The highest BCUT2D eigenvalue weighted by atomic mass is 35.5. The van der Waals surface area contributed by atoms with Gasteiger partial charge in [-0.1, -0.05) is 17.7 Å². The Morgan fingerprint density at radius 2 is 2.22 bits per heavy atom. The van der Waals surface area contributed by atoms with Gasteiger partial charge in [0.1, 0.15) is 5.69 Å². The third-order valence-electron chi connectivity index (χ3n) is 3.02. The third-order valence-corrected chi connectivity index (χ3v) is 3.52. The molecular weight excluding hydrogens is 250 g/mol. The summed E-state index contributed by atoms with van der Waals surface area (Å²) in [7, 11) is 1.85. The van der Waals surface area contributed by atoms with Gasteiger partial charge >= 0.3 is 0 Å². The molecule has 1 aromatic heterocycles. The van der Waals surface area contributed by atoms with Crippen molar-refractivity contribution in [2.75, 3.05) is 13.1 Å². The van der Waals surface area contributed by atoms with Crippen LogP contribution in [0.2, 0.25) is 5.02 Å². The van der Waals surface area contributed by atoms with Crippen molar-refractivity contribution < 1.29 is 4.79 Å². The first kappa shape index (κ1) is 12.9. The van der Waals surface area contributed by atoms with Gasteiger partial charge in [-0.05, 0) is 24.6 Å². The Morgan fingerprint density at radius 3 is 2.89 bits per heavy atom. The van der Waals surface area contributed by atoms with Crippen molar-refractivity contribution in [1.29, 1.82) is 0 Å². The molecule has 0 fully saturated rings. The molecule has 1 heterocycles. The normalized spacial score (nSPS) is 10.9. The first-order valence-electron chi connectivity index (χ1n) is 5.79. The maximum atomic E-state index is 12.0. The van der Waals surface area contributed by atoms with Crippen LogP contribution >= 0.6 is 11.6 Å². The number of amides is 1. The lowest BCUT2D eigenvalue weighted by molar-refractivity contribution is 0.0947. The minimum Gasteiger partial charge on any atom is -0.349 e. The second-order valence-corrected chi connectivity index (χ2v) is 4.64. The Balaban J connectivity index is 2.50. The van der Waals surface area contributed by atoms with Gasteiger partial charge in [-0.25, -0.2) is 0 Å². The summed E-state index contributed by atoms with van der Waals surface area (Å²) in [5, 5.41) is 4.35. The van der Waals surface area contributed by atoms with E-state index in [2.05, 4.69) is 5.32 Å². The number of aromatic nitrogens is 1. The molecule has 0 aliphatic rings. The van der Waals surface area contributed by atoms with E-state index in [1.54, 1.807) is 0 Å². The Hall–Kier alpha value is -1.52. The number of fused-ring (bicyclic) bond motifs is 1. The molecule has 18 heavy (non-hydrogen) atoms. The topological polar surface area (TPSA) is 60.1 Å². The fourth-order valence-electron chi connectivity index (χ4n) is 1.98. The van der Waals surface area contributed by atoms with Gasteiger partial charge in [0.05, 0.1) is 5.02 Å². The van der Waals surface area contributed by atoms with Crippen LogP contribution in [0.3, 0.4) is 0 Å². The SMILES string of the molecule is Cc1ccc2c(cc(C(=O)NCCN)n2C)c1Cl. The van der Waals surface area contributed by atoms with Gasteiger partial charge in [-0.3, -0.25) is 4.79 Å². The number of hydrogen-bond donors (Lipinski definition) is 2. The molecule has 3 N–H and O–H groups in total. The average molecular weight is 266 g/mol. The van der Waals surface area contributed by atoms with E-state index in [1.807, 2.05) is 36.7 Å². The van der Waals surface area contributed by atoms with Gasteiger partial charge in [0, 0.05) is 31.0 Å². The van der Waals surface area contributed by atoms with Crippen LogP contribution in [0.15, 0.2) is 18.2 Å². The predicted octanol–water partition coefficient (Wildman–Crippen LogP) is 1.83. The first-order valence-corrected chi connectivity index (χ1v) is 6.17. The zero-order chi connectivity index (χ0) is 13.3. The summed E-state index contributed by atoms with van der Waals surface area (Å²) in [5.41, 5.74) is 7.91. The number of carbonyl (C=O) groups excluding carboxylic acids is 1. The zero-order valence-electron chi connectivity index (χ0n) is 10.5. The van der Waals surface area contributed by atoms with Crippen molar-refractivity contribution in [3.8, 4) is 0 Å². The van der Waals surface area contributed by atoms with E-state index in [4.69, 9.17) is 17.3 Å². The Labute approximate surface area is 111 Å². The van der Waals surface area contributed by atoms with E-state index in [9.17, 15) is 4.79 Å². The molecule has 2 aromatic rings. The van der Waals surface area contributed by atoms with Crippen molar-refractivity contribution in [3.63, 3.8) is 0 Å². The minimum absolute atomic E-state index is 0.132. The van der Waals surface area contributed by atoms with Crippen LogP contribution in [-0.4, -0.2) is 23.6 Å². The highest BCUT2D eigenvalue weighted by Gasteiger charge is 2.15. The Bertz CT molecular complexity index is 604. The molecule has 1 amide bonds. The van der Waals surface area contributed by atoms with Crippen LogP contribution in [0.5, 0.6) is 0 Å². The second kappa shape index (κ2) is 5.00. The Kier molecular flexibility index (Phi) is 3.59. The largest absolute Gasteiger partial charge is 0.349 e. The van der Waals surface area contributed by atoms with Gasteiger partial charge in [0.25, 0.3) is 5.91 Å². The van der Waals surface area contributed by atoms with Crippen molar-refractivity contribution in [1.82, 2.24) is 9.88 Å². The summed E-state index contributed by atoms with van der Waals surface area (Å²) in [6.45, 7) is 2.84. The number of nitrogens with zero attached hydrogens (tertiary/aromatic N) is 1. The van der Waals surface area contributed by atoms with Crippen molar-refractivity contribution in [3.05, 3.63) is 34.5 Å². The van der Waals surface area contributed by atoms with Crippen LogP contribution in [0.25, 0.3) is 10.9 Å². The number of rotatable bonds is 3. The number of hydrogen-bond acceptors (Lipinski definition) is 2.